The van der Waals surface area contributed by atoms with Crippen LogP contribution < -0.4 is 5.32 Å². The van der Waals surface area contributed by atoms with Gasteiger partial charge in [0.05, 0.1) is 0 Å². The first-order valence-corrected chi connectivity index (χ1v) is 3.82. The van der Waals surface area contributed by atoms with Gasteiger partial charge < -0.3 is 5.32 Å². The second kappa shape index (κ2) is 3.77. The van der Waals surface area contributed by atoms with Gasteiger partial charge in [-0.15, -0.1) is 6.58 Å². The maximum Gasteiger partial charge on any atom is 0.00437 e. The van der Waals surface area contributed by atoms with Crippen molar-refractivity contribution < 1.29 is 0 Å². The van der Waals surface area contributed by atoms with Gasteiger partial charge in [-0.1, -0.05) is 19.9 Å². The van der Waals surface area contributed by atoms with E-state index in [-0.39, 0.29) is 5.41 Å². The summed E-state index contributed by atoms with van der Waals surface area (Å²) >= 11 is 0. The fourth-order valence-corrected chi connectivity index (χ4v) is 0.975. The fourth-order valence-electron chi connectivity index (χ4n) is 0.975. The molecule has 1 nitrogen and oxygen atoms in total. The van der Waals surface area contributed by atoms with Gasteiger partial charge >= 0.3 is 0 Å². The number of hydrogen-bond acceptors (Lipinski definition) is 1. The van der Waals surface area contributed by atoms with Gasteiger partial charge in [-0.05, 0) is 25.8 Å². The minimum absolute atomic E-state index is 0.266. The van der Waals surface area contributed by atoms with E-state index in [2.05, 4.69) is 32.7 Å². The Morgan fingerprint density at radius 2 is 2.10 bits per heavy atom. The van der Waals surface area contributed by atoms with Crippen molar-refractivity contribution in [1.82, 2.24) is 5.32 Å². The monoisotopic (exact) mass is 141 g/mol. The molecule has 0 radical (unpaired) electrons. The molecule has 10 heavy (non-hydrogen) atoms. The largest absolute Gasteiger partial charge is 0.317 e. The van der Waals surface area contributed by atoms with Gasteiger partial charge in [0, 0.05) is 6.04 Å². The molecule has 1 unspecified atom stereocenters. The highest BCUT2D eigenvalue weighted by molar-refractivity contribution is 4.89. The van der Waals surface area contributed by atoms with Crippen LogP contribution in [0.2, 0.25) is 0 Å². The van der Waals surface area contributed by atoms with Crippen molar-refractivity contribution in [2.45, 2.75) is 33.2 Å². The highest BCUT2D eigenvalue weighted by Gasteiger charge is 2.15. The van der Waals surface area contributed by atoms with E-state index in [1.54, 1.807) is 0 Å². The Labute approximate surface area is 64.5 Å². The lowest BCUT2D eigenvalue weighted by Gasteiger charge is -2.23. The molecule has 0 fully saturated rings. The fraction of sp³-hybridized carbons (Fsp3) is 0.778. The number of nitrogens with one attached hydrogen (secondary N) is 1. The molecule has 1 heteroatoms. The first kappa shape index (κ1) is 9.70. The lowest BCUT2D eigenvalue weighted by atomic mass is 9.86. The van der Waals surface area contributed by atoms with E-state index in [1.165, 1.54) is 0 Å². The first-order chi connectivity index (χ1) is 4.52. The lowest BCUT2D eigenvalue weighted by Crippen LogP contribution is -2.27. The predicted molar refractivity (Wildman–Crippen MR) is 47.1 cm³/mol. The molecule has 0 spiro atoms. The van der Waals surface area contributed by atoms with Crippen LogP contribution in [-0.4, -0.2) is 13.1 Å². The van der Waals surface area contributed by atoms with E-state index >= 15 is 0 Å². The molecule has 0 saturated carbocycles. The Morgan fingerprint density at radius 1 is 1.60 bits per heavy atom. The minimum Gasteiger partial charge on any atom is -0.317 e. The molecule has 0 aromatic heterocycles. The van der Waals surface area contributed by atoms with Crippen LogP contribution >= 0.6 is 0 Å². The van der Waals surface area contributed by atoms with Gasteiger partial charge in [-0.2, -0.15) is 0 Å². The Hall–Kier alpha value is -0.300. The molecule has 0 aromatic carbocycles. The van der Waals surface area contributed by atoms with Gasteiger partial charge in [0.2, 0.25) is 0 Å². The van der Waals surface area contributed by atoms with E-state index in [4.69, 9.17) is 0 Å². The summed E-state index contributed by atoms with van der Waals surface area (Å²) in [4.78, 5) is 0. The topological polar surface area (TPSA) is 12.0 Å². The summed E-state index contributed by atoms with van der Waals surface area (Å²) in [5, 5.41) is 3.21. The molecule has 0 amide bonds. The van der Waals surface area contributed by atoms with Crippen molar-refractivity contribution in [1.29, 1.82) is 0 Å². The van der Waals surface area contributed by atoms with Crippen molar-refractivity contribution in [3.8, 4) is 0 Å². The molecular weight excluding hydrogens is 122 g/mol. The van der Waals surface area contributed by atoms with E-state index in [0.717, 1.165) is 6.42 Å². The van der Waals surface area contributed by atoms with Crippen LogP contribution in [-0.2, 0) is 0 Å². The van der Waals surface area contributed by atoms with Crippen molar-refractivity contribution in [3.63, 3.8) is 0 Å². The average Bonchev–Trinajstić information content (AvgIpc) is 1.87. The smallest absolute Gasteiger partial charge is 0.00437 e. The van der Waals surface area contributed by atoms with Crippen LogP contribution in [0.3, 0.4) is 0 Å². The molecule has 60 valence electrons. The Morgan fingerprint density at radius 3 is 2.40 bits per heavy atom. The quantitative estimate of drug-likeness (QED) is 0.592. The second-order valence-corrected chi connectivity index (χ2v) is 3.59. The van der Waals surface area contributed by atoms with Crippen LogP contribution in [0.25, 0.3) is 0 Å². The number of allylic oxidation sites excluding steroid dienone is 1. The van der Waals surface area contributed by atoms with Crippen LogP contribution in [0.1, 0.15) is 27.2 Å². The second-order valence-electron chi connectivity index (χ2n) is 3.59. The van der Waals surface area contributed by atoms with Crippen LogP contribution in [0, 0.1) is 5.41 Å². The van der Waals surface area contributed by atoms with Crippen molar-refractivity contribution in [2.75, 3.05) is 7.05 Å². The summed E-state index contributed by atoms with van der Waals surface area (Å²) in [6.45, 7) is 10.4. The summed E-state index contributed by atoms with van der Waals surface area (Å²) in [7, 11) is 1.99. The lowest BCUT2D eigenvalue weighted by molar-refractivity contribution is 0.374. The SMILES string of the molecule is C=CC(C)(C)CC(C)NC. The van der Waals surface area contributed by atoms with Crippen molar-refractivity contribution in [2.24, 2.45) is 5.41 Å². The maximum absolute atomic E-state index is 3.79. The summed E-state index contributed by atoms with van der Waals surface area (Å²) < 4.78 is 0. The minimum atomic E-state index is 0.266. The molecule has 0 bridgehead atoms. The first-order valence-electron chi connectivity index (χ1n) is 3.82. The van der Waals surface area contributed by atoms with Gasteiger partial charge in [0.15, 0.2) is 0 Å². The van der Waals surface area contributed by atoms with Crippen LogP contribution in [0.5, 0.6) is 0 Å². The third-order valence-electron chi connectivity index (χ3n) is 1.88. The van der Waals surface area contributed by atoms with E-state index in [1.807, 2.05) is 13.1 Å². The standard InChI is InChI=1S/C9H19N/c1-6-9(3,4)7-8(2)10-5/h6,8,10H,1,7H2,2-5H3. The zero-order valence-electron chi connectivity index (χ0n) is 7.57. The maximum atomic E-state index is 3.79. The zero-order chi connectivity index (χ0) is 8.20. The van der Waals surface area contributed by atoms with Gasteiger partial charge in [0.1, 0.15) is 0 Å². The Bertz CT molecular complexity index is 105. The normalized spacial score (nSPS) is 14.8. The summed E-state index contributed by atoms with van der Waals surface area (Å²) in [5.41, 5.74) is 0.266. The number of hydrogen-bond donors (Lipinski definition) is 1. The van der Waals surface area contributed by atoms with Gasteiger partial charge in [-0.3, -0.25) is 0 Å². The molecule has 0 heterocycles. The molecule has 1 atom stereocenters. The molecule has 0 rings (SSSR count). The zero-order valence-corrected chi connectivity index (χ0v) is 7.57. The van der Waals surface area contributed by atoms with Gasteiger partial charge in [0.25, 0.3) is 0 Å². The summed E-state index contributed by atoms with van der Waals surface area (Å²) in [6.07, 6.45) is 3.16. The summed E-state index contributed by atoms with van der Waals surface area (Å²) in [5.74, 6) is 0. The average molecular weight is 141 g/mol. The molecule has 1 N–H and O–H groups in total. The molecule has 0 aliphatic heterocycles. The third kappa shape index (κ3) is 3.67. The highest BCUT2D eigenvalue weighted by Crippen LogP contribution is 2.22. The molecule has 0 aromatic rings. The van der Waals surface area contributed by atoms with E-state index in [0.29, 0.717) is 6.04 Å². The van der Waals surface area contributed by atoms with Crippen LogP contribution in [0.15, 0.2) is 12.7 Å². The van der Waals surface area contributed by atoms with Crippen molar-refractivity contribution in [3.05, 3.63) is 12.7 Å². The highest BCUT2D eigenvalue weighted by atomic mass is 14.9. The van der Waals surface area contributed by atoms with Crippen LogP contribution in [0.4, 0.5) is 0 Å². The van der Waals surface area contributed by atoms with E-state index < -0.39 is 0 Å². The molecule has 0 aliphatic rings. The van der Waals surface area contributed by atoms with Crippen molar-refractivity contribution >= 4 is 0 Å². The summed E-state index contributed by atoms with van der Waals surface area (Å²) in [6, 6.07) is 0.577. The Balaban J connectivity index is 3.75. The molecular formula is C9H19N. The van der Waals surface area contributed by atoms with E-state index in [9.17, 15) is 0 Å². The third-order valence-corrected chi connectivity index (χ3v) is 1.88. The predicted octanol–water partition coefficient (Wildman–Crippen LogP) is 2.20. The van der Waals surface area contributed by atoms with Gasteiger partial charge in [-0.25, -0.2) is 0 Å². The molecule has 0 aliphatic carbocycles. The Kier molecular flexibility index (Phi) is 3.66. The number of rotatable bonds is 4. The molecule has 0 saturated heterocycles.